The van der Waals surface area contributed by atoms with Crippen LogP contribution in [0.3, 0.4) is 0 Å². The maximum atomic E-state index is 12.9. The van der Waals surface area contributed by atoms with E-state index in [1.165, 1.54) is 30.5 Å². The first-order valence-electron chi connectivity index (χ1n) is 6.41. The maximum Gasteiger partial charge on any atom is 0.250 e. The second-order valence-electron chi connectivity index (χ2n) is 4.35. The molecule has 110 valence electrons. The third-order valence-corrected chi connectivity index (χ3v) is 2.78. The predicted molar refractivity (Wildman–Crippen MR) is 78.1 cm³/mol. The van der Waals surface area contributed by atoms with Crippen molar-refractivity contribution < 1.29 is 13.6 Å². The van der Waals surface area contributed by atoms with Crippen molar-refractivity contribution in [2.24, 2.45) is 0 Å². The standard InChI is InChI=1S/C15H11FN4O2/c16-11-5-3-10(4-6-11)14-18-15(20-19-14)17-13(21)8-7-12-2-1-9-22-12/h1-9H,(H2,17,18,19,20,21)/b8-7+. The molecular weight excluding hydrogens is 287 g/mol. The van der Waals surface area contributed by atoms with Crippen molar-refractivity contribution in [1.29, 1.82) is 0 Å². The van der Waals surface area contributed by atoms with Crippen molar-refractivity contribution in [3.05, 3.63) is 60.3 Å². The van der Waals surface area contributed by atoms with E-state index >= 15 is 0 Å². The number of carbonyl (C=O) groups excluding carboxylic acids is 1. The largest absolute Gasteiger partial charge is 0.465 e. The third-order valence-electron chi connectivity index (χ3n) is 2.78. The summed E-state index contributed by atoms with van der Waals surface area (Å²) in [6.45, 7) is 0. The number of nitrogens with one attached hydrogen (secondary N) is 2. The Balaban J connectivity index is 1.66. The van der Waals surface area contributed by atoms with Gasteiger partial charge in [0.15, 0.2) is 5.82 Å². The molecule has 3 rings (SSSR count). The number of benzene rings is 1. The molecule has 0 aliphatic carbocycles. The molecule has 6 nitrogen and oxygen atoms in total. The SMILES string of the molecule is O=C(/C=C/c1ccco1)Nc1n[nH]c(-c2ccc(F)cc2)n1. The number of carbonyl (C=O) groups is 1. The van der Waals surface area contributed by atoms with Crippen molar-refractivity contribution >= 4 is 17.9 Å². The van der Waals surface area contributed by atoms with Gasteiger partial charge in [0, 0.05) is 11.6 Å². The second kappa shape index (κ2) is 6.04. The highest BCUT2D eigenvalue weighted by Crippen LogP contribution is 2.16. The molecule has 2 heterocycles. The van der Waals surface area contributed by atoms with Crippen molar-refractivity contribution in [3.8, 4) is 11.4 Å². The molecule has 0 atom stereocenters. The number of anilines is 1. The highest BCUT2D eigenvalue weighted by molar-refractivity contribution is 6.00. The first-order chi connectivity index (χ1) is 10.7. The number of halogens is 1. The van der Waals surface area contributed by atoms with Gasteiger partial charge in [-0.05, 0) is 42.5 Å². The summed E-state index contributed by atoms with van der Waals surface area (Å²) in [6.07, 6.45) is 4.36. The molecule has 0 bridgehead atoms. The summed E-state index contributed by atoms with van der Waals surface area (Å²) in [5, 5.41) is 9.07. The van der Waals surface area contributed by atoms with E-state index in [4.69, 9.17) is 4.42 Å². The normalized spacial score (nSPS) is 11.0. The van der Waals surface area contributed by atoms with Crippen LogP contribution in [0.2, 0.25) is 0 Å². The van der Waals surface area contributed by atoms with Gasteiger partial charge in [-0.1, -0.05) is 0 Å². The smallest absolute Gasteiger partial charge is 0.250 e. The number of nitrogens with zero attached hydrogens (tertiary/aromatic N) is 2. The average molecular weight is 298 g/mol. The first-order valence-corrected chi connectivity index (χ1v) is 6.41. The molecule has 2 N–H and O–H groups in total. The molecule has 1 aromatic carbocycles. The average Bonchev–Trinajstić information content (AvgIpc) is 3.17. The summed E-state index contributed by atoms with van der Waals surface area (Å²) >= 11 is 0. The molecule has 0 radical (unpaired) electrons. The number of furan rings is 1. The minimum absolute atomic E-state index is 0.133. The number of hydrogen-bond donors (Lipinski definition) is 2. The van der Waals surface area contributed by atoms with Crippen LogP contribution in [0, 0.1) is 5.82 Å². The van der Waals surface area contributed by atoms with Gasteiger partial charge in [0.2, 0.25) is 5.95 Å². The van der Waals surface area contributed by atoms with Crippen LogP contribution in [-0.2, 0) is 4.79 Å². The summed E-state index contributed by atoms with van der Waals surface area (Å²) in [7, 11) is 0. The van der Waals surface area contributed by atoms with E-state index in [2.05, 4.69) is 20.5 Å². The Kier molecular flexibility index (Phi) is 3.78. The molecule has 1 amide bonds. The van der Waals surface area contributed by atoms with E-state index in [9.17, 15) is 9.18 Å². The van der Waals surface area contributed by atoms with E-state index in [1.807, 2.05) is 0 Å². The fourth-order valence-corrected chi connectivity index (χ4v) is 1.75. The van der Waals surface area contributed by atoms with Gasteiger partial charge in [-0.25, -0.2) is 4.39 Å². The Morgan fingerprint density at radius 1 is 1.27 bits per heavy atom. The van der Waals surface area contributed by atoms with Gasteiger partial charge < -0.3 is 4.42 Å². The van der Waals surface area contributed by atoms with Gasteiger partial charge >= 0.3 is 0 Å². The number of H-pyrrole nitrogens is 1. The lowest BCUT2D eigenvalue weighted by atomic mass is 10.2. The third kappa shape index (κ3) is 3.26. The van der Waals surface area contributed by atoms with Crippen molar-refractivity contribution in [2.45, 2.75) is 0 Å². The number of aromatic nitrogens is 3. The van der Waals surface area contributed by atoms with Crippen LogP contribution >= 0.6 is 0 Å². The number of hydrogen-bond acceptors (Lipinski definition) is 4. The van der Waals surface area contributed by atoms with E-state index in [0.29, 0.717) is 17.1 Å². The number of rotatable bonds is 4. The molecule has 0 spiro atoms. The van der Waals surface area contributed by atoms with Crippen LogP contribution in [0.25, 0.3) is 17.5 Å². The molecule has 0 aliphatic rings. The number of amides is 1. The highest BCUT2D eigenvalue weighted by atomic mass is 19.1. The topological polar surface area (TPSA) is 83.8 Å². The summed E-state index contributed by atoms with van der Waals surface area (Å²) in [5.41, 5.74) is 0.667. The van der Waals surface area contributed by atoms with Gasteiger partial charge in [0.1, 0.15) is 11.6 Å². The predicted octanol–water partition coefficient (Wildman–Crippen LogP) is 2.86. The van der Waals surface area contributed by atoms with Crippen LogP contribution in [0.5, 0.6) is 0 Å². The molecule has 0 fully saturated rings. The van der Waals surface area contributed by atoms with E-state index in [-0.39, 0.29) is 17.7 Å². The minimum atomic E-state index is -0.388. The molecular formula is C15H11FN4O2. The quantitative estimate of drug-likeness (QED) is 0.725. The van der Waals surface area contributed by atoms with E-state index < -0.39 is 0 Å². The van der Waals surface area contributed by atoms with Crippen LogP contribution < -0.4 is 5.32 Å². The highest BCUT2D eigenvalue weighted by Gasteiger charge is 2.07. The Morgan fingerprint density at radius 3 is 2.82 bits per heavy atom. The summed E-state index contributed by atoms with van der Waals surface area (Å²) in [5.74, 6) is 0.414. The molecule has 0 saturated carbocycles. The minimum Gasteiger partial charge on any atom is -0.465 e. The first kappa shape index (κ1) is 13.7. The lowest BCUT2D eigenvalue weighted by molar-refractivity contribution is -0.111. The van der Waals surface area contributed by atoms with Crippen molar-refractivity contribution in [3.63, 3.8) is 0 Å². The van der Waals surface area contributed by atoms with Gasteiger partial charge in [-0.3, -0.25) is 15.2 Å². The fraction of sp³-hybridized carbons (Fsp3) is 0. The maximum absolute atomic E-state index is 12.9. The van der Waals surface area contributed by atoms with Crippen molar-refractivity contribution in [2.75, 3.05) is 5.32 Å². The summed E-state index contributed by atoms with van der Waals surface area (Å²) in [6, 6.07) is 9.23. The molecule has 0 aliphatic heterocycles. The zero-order valence-corrected chi connectivity index (χ0v) is 11.3. The Bertz CT molecular complexity index is 791. The lowest BCUT2D eigenvalue weighted by Crippen LogP contribution is -2.08. The van der Waals surface area contributed by atoms with E-state index in [1.54, 1.807) is 24.3 Å². The van der Waals surface area contributed by atoms with Crippen molar-refractivity contribution in [1.82, 2.24) is 15.2 Å². The number of aromatic amines is 1. The molecule has 22 heavy (non-hydrogen) atoms. The van der Waals surface area contributed by atoms with Gasteiger partial charge in [0.05, 0.1) is 6.26 Å². The van der Waals surface area contributed by atoms with Gasteiger partial charge in [-0.15, -0.1) is 5.10 Å². The Morgan fingerprint density at radius 2 is 2.09 bits per heavy atom. The fourth-order valence-electron chi connectivity index (χ4n) is 1.75. The lowest BCUT2D eigenvalue weighted by Gasteiger charge is -1.95. The molecule has 0 saturated heterocycles. The Labute approximate surface area is 124 Å². The second-order valence-corrected chi connectivity index (χ2v) is 4.35. The van der Waals surface area contributed by atoms with Crippen LogP contribution in [0.1, 0.15) is 5.76 Å². The van der Waals surface area contributed by atoms with Crippen LogP contribution in [0.15, 0.2) is 53.2 Å². The van der Waals surface area contributed by atoms with Crippen LogP contribution in [0.4, 0.5) is 10.3 Å². The zero-order valence-electron chi connectivity index (χ0n) is 11.3. The van der Waals surface area contributed by atoms with E-state index in [0.717, 1.165) is 0 Å². The zero-order chi connectivity index (χ0) is 15.4. The Hall–Kier alpha value is -3.22. The molecule has 0 unspecified atom stereocenters. The summed E-state index contributed by atoms with van der Waals surface area (Å²) in [4.78, 5) is 15.8. The monoisotopic (exact) mass is 298 g/mol. The summed E-state index contributed by atoms with van der Waals surface area (Å²) < 4.78 is 17.9. The molecule has 7 heteroatoms. The van der Waals surface area contributed by atoms with Gasteiger partial charge in [0.25, 0.3) is 5.91 Å². The molecule has 3 aromatic rings. The van der Waals surface area contributed by atoms with Gasteiger partial charge in [-0.2, -0.15) is 4.98 Å². The molecule has 2 aromatic heterocycles. The van der Waals surface area contributed by atoms with Crippen LogP contribution in [-0.4, -0.2) is 21.1 Å².